The lowest BCUT2D eigenvalue weighted by molar-refractivity contribution is 0.437. The van der Waals surface area contributed by atoms with Gasteiger partial charge in [-0.15, -0.1) is 23.2 Å². The van der Waals surface area contributed by atoms with E-state index in [4.69, 9.17) is 23.2 Å². The van der Waals surface area contributed by atoms with E-state index in [1.165, 1.54) is 0 Å². The van der Waals surface area contributed by atoms with Crippen molar-refractivity contribution in [2.24, 2.45) is 0 Å². The monoisotopic (exact) mass is 307 g/mol. The molecule has 1 aliphatic rings. The molecule has 0 fully saturated rings. The van der Waals surface area contributed by atoms with E-state index in [1.807, 2.05) is 24.3 Å². The van der Waals surface area contributed by atoms with E-state index in [0.29, 0.717) is 31.4 Å². The van der Waals surface area contributed by atoms with Crippen LogP contribution in [0.2, 0.25) is 0 Å². The SMILES string of the molecule is O=P1(N(CCCl)CCCl)NCc2ccccc2N1. The van der Waals surface area contributed by atoms with Crippen molar-refractivity contribution < 1.29 is 4.57 Å². The Balaban J connectivity index is 2.20. The predicted octanol–water partition coefficient (Wildman–Crippen LogP) is 3.09. The van der Waals surface area contributed by atoms with E-state index in [9.17, 15) is 4.57 Å². The van der Waals surface area contributed by atoms with Crippen LogP contribution in [0.4, 0.5) is 5.69 Å². The Labute approximate surface area is 117 Å². The lowest BCUT2D eigenvalue weighted by Gasteiger charge is -2.35. The highest BCUT2D eigenvalue weighted by Gasteiger charge is 2.33. The molecule has 1 aliphatic heterocycles. The average Bonchev–Trinajstić information content (AvgIpc) is 2.38. The summed E-state index contributed by atoms with van der Waals surface area (Å²) in [6, 6.07) is 7.83. The number of anilines is 1. The second kappa shape index (κ2) is 6.27. The highest BCUT2D eigenvalue weighted by atomic mass is 35.5. The fourth-order valence-corrected chi connectivity index (χ4v) is 4.69. The fourth-order valence-electron chi connectivity index (χ4n) is 1.94. The molecule has 7 heteroatoms. The summed E-state index contributed by atoms with van der Waals surface area (Å²) >= 11 is 11.5. The summed E-state index contributed by atoms with van der Waals surface area (Å²) in [6.45, 7) is 1.66. The maximum Gasteiger partial charge on any atom is 0.306 e. The summed E-state index contributed by atoms with van der Waals surface area (Å²) < 4.78 is 14.7. The molecule has 0 saturated carbocycles. The van der Waals surface area contributed by atoms with Crippen molar-refractivity contribution in [1.82, 2.24) is 9.76 Å². The Morgan fingerprint density at radius 3 is 2.56 bits per heavy atom. The van der Waals surface area contributed by atoms with Gasteiger partial charge in [0.25, 0.3) is 0 Å². The van der Waals surface area contributed by atoms with Crippen LogP contribution in [0.3, 0.4) is 0 Å². The Bertz CT molecular complexity index is 452. The molecule has 0 saturated heterocycles. The topological polar surface area (TPSA) is 44.4 Å². The van der Waals surface area contributed by atoms with E-state index < -0.39 is 7.59 Å². The first-order valence-electron chi connectivity index (χ1n) is 5.78. The number of para-hydroxylation sites is 1. The van der Waals surface area contributed by atoms with Crippen LogP contribution < -0.4 is 10.2 Å². The maximum atomic E-state index is 12.9. The van der Waals surface area contributed by atoms with Crippen molar-refractivity contribution in [3.05, 3.63) is 29.8 Å². The Morgan fingerprint density at radius 2 is 1.89 bits per heavy atom. The smallest absolute Gasteiger partial charge is 0.306 e. The van der Waals surface area contributed by atoms with Crippen molar-refractivity contribution >= 4 is 36.5 Å². The molecule has 0 amide bonds. The number of fused-ring (bicyclic) bond motifs is 1. The lowest BCUT2D eigenvalue weighted by Crippen LogP contribution is -2.36. The highest BCUT2D eigenvalue weighted by molar-refractivity contribution is 7.61. The third-order valence-corrected chi connectivity index (χ3v) is 5.52. The van der Waals surface area contributed by atoms with Gasteiger partial charge in [-0.05, 0) is 11.6 Å². The molecule has 0 aliphatic carbocycles. The summed E-state index contributed by atoms with van der Waals surface area (Å²) in [4.78, 5) is 0. The molecule has 18 heavy (non-hydrogen) atoms. The third-order valence-electron chi connectivity index (χ3n) is 2.86. The number of nitrogens with one attached hydrogen (secondary N) is 2. The summed E-state index contributed by atoms with van der Waals surface area (Å²) in [5.74, 6) is 0.845. The molecule has 0 aromatic heterocycles. The minimum atomic E-state index is -2.82. The zero-order valence-electron chi connectivity index (χ0n) is 9.90. The molecule has 0 spiro atoms. The first kappa shape index (κ1) is 14.2. The van der Waals surface area contributed by atoms with Gasteiger partial charge in [-0.1, -0.05) is 18.2 Å². The van der Waals surface area contributed by atoms with Crippen LogP contribution in [-0.2, 0) is 11.1 Å². The second-order valence-electron chi connectivity index (χ2n) is 4.01. The maximum absolute atomic E-state index is 12.9. The zero-order chi connectivity index (χ0) is 13.0. The number of halogens is 2. The van der Waals surface area contributed by atoms with Crippen molar-refractivity contribution in [2.75, 3.05) is 29.9 Å². The molecule has 1 unspecified atom stereocenters. The van der Waals surface area contributed by atoms with Gasteiger partial charge in [0.15, 0.2) is 0 Å². The fraction of sp³-hybridized carbons (Fsp3) is 0.455. The summed E-state index contributed by atoms with van der Waals surface area (Å²) in [6.07, 6.45) is 0. The number of rotatable bonds is 5. The molecule has 1 aromatic rings. The van der Waals surface area contributed by atoms with E-state index >= 15 is 0 Å². The number of alkyl halides is 2. The molecule has 1 heterocycles. The van der Waals surface area contributed by atoms with E-state index in [2.05, 4.69) is 10.2 Å². The molecule has 0 bridgehead atoms. The molecular formula is C11H16Cl2N3OP. The number of benzene rings is 1. The van der Waals surface area contributed by atoms with Crippen LogP contribution in [-0.4, -0.2) is 29.5 Å². The molecule has 1 aromatic carbocycles. The van der Waals surface area contributed by atoms with E-state index in [0.717, 1.165) is 11.3 Å². The van der Waals surface area contributed by atoms with Crippen LogP contribution in [0.1, 0.15) is 5.56 Å². The van der Waals surface area contributed by atoms with Crippen LogP contribution in [0, 0.1) is 0 Å². The van der Waals surface area contributed by atoms with Crippen molar-refractivity contribution in [3.63, 3.8) is 0 Å². The quantitative estimate of drug-likeness (QED) is 0.648. The van der Waals surface area contributed by atoms with Gasteiger partial charge in [-0.25, -0.2) is 9.76 Å². The average molecular weight is 308 g/mol. The Hall–Kier alpha value is -0.250. The third kappa shape index (κ3) is 3.01. The predicted molar refractivity (Wildman–Crippen MR) is 77.5 cm³/mol. The zero-order valence-corrected chi connectivity index (χ0v) is 12.3. The Morgan fingerprint density at radius 1 is 1.22 bits per heavy atom. The molecule has 1 atom stereocenters. The molecular weight excluding hydrogens is 292 g/mol. The minimum Gasteiger partial charge on any atom is -0.312 e. The first-order chi connectivity index (χ1) is 8.69. The molecule has 100 valence electrons. The standard InChI is InChI=1S/C11H16Cl2N3OP/c12-5-7-16(8-6-13)18(17)14-9-10-3-1-2-4-11(10)15-18/h1-4H,5-9H2,(H2,14,15,17). The summed E-state index contributed by atoms with van der Waals surface area (Å²) in [5, 5.41) is 6.17. The largest absolute Gasteiger partial charge is 0.312 e. The van der Waals surface area contributed by atoms with Gasteiger partial charge in [-0.2, -0.15) is 0 Å². The number of hydrogen-bond donors (Lipinski definition) is 2. The molecule has 0 radical (unpaired) electrons. The normalized spacial score (nSPS) is 22.6. The summed E-state index contributed by atoms with van der Waals surface area (Å²) in [7, 11) is -2.82. The van der Waals surface area contributed by atoms with Crippen LogP contribution in [0.25, 0.3) is 0 Å². The van der Waals surface area contributed by atoms with Crippen molar-refractivity contribution in [1.29, 1.82) is 0 Å². The summed E-state index contributed by atoms with van der Waals surface area (Å²) in [5.41, 5.74) is 2.02. The minimum absolute atomic E-state index is 0.423. The number of hydrogen-bond acceptors (Lipinski definition) is 1. The van der Waals surface area contributed by atoms with Gasteiger partial charge in [0.2, 0.25) is 0 Å². The second-order valence-corrected chi connectivity index (χ2v) is 7.02. The van der Waals surface area contributed by atoms with Gasteiger partial charge in [0.1, 0.15) is 0 Å². The molecule has 4 nitrogen and oxygen atoms in total. The van der Waals surface area contributed by atoms with Crippen LogP contribution in [0.5, 0.6) is 0 Å². The van der Waals surface area contributed by atoms with Gasteiger partial charge in [0, 0.05) is 37.1 Å². The van der Waals surface area contributed by atoms with Crippen LogP contribution in [0.15, 0.2) is 24.3 Å². The van der Waals surface area contributed by atoms with Crippen molar-refractivity contribution in [3.8, 4) is 0 Å². The van der Waals surface area contributed by atoms with E-state index in [1.54, 1.807) is 4.67 Å². The van der Waals surface area contributed by atoms with Crippen molar-refractivity contribution in [2.45, 2.75) is 6.54 Å². The van der Waals surface area contributed by atoms with Gasteiger partial charge in [-0.3, -0.25) is 4.57 Å². The highest BCUT2D eigenvalue weighted by Crippen LogP contribution is 2.48. The molecule has 2 rings (SSSR count). The molecule has 2 N–H and O–H groups in total. The van der Waals surface area contributed by atoms with Crippen LogP contribution >= 0.6 is 30.8 Å². The van der Waals surface area contributed by atoms with Gasteiger partial charge < -0.3 is 5.09 Å². The number of nitrogens with zero attached hydrogens (tertiary/aromatic N) is 1. The van der Waals surface area contributed by atoms with Gasteiger partial charge >= 0.3 is 7.59 Å². The lowest BCUT2D eigenvalue weighted by atomic mass is 10.2. The Kier molecular flexibility index (Phi) is 4.93. The first-order valence-corrected chi connectivity index (χ1v) is 8.51. The van der Waals surface area contributed by atoms with Gasteiger partial charge in [0.05, 0.1) is 0 Å². The van der Waals surface area contributed by atoms with E-state index in [-0.39, 0.29) is 0 Å².